The zero-order valence-corrected chi connectivity index (χ0v) is 14.6. The first-order chi connectivity index (χ1) is 12.6. The maximum Gasteiger partial charge on any atom is 0.363 e. The number of hydrogen-bond acceptors (Lipinski definition) is 5. The predicted octanol–water partition coefficient (Wildman–Crippen LogP) is 3.57. The minimum Gasteiger partial charge on any atom is -0.493 e. The second kappa shape index (κ2) is 7.84. The van der Waals surface area contributed by atoms with E-state index in [-0.39, 0.29) is 17.2 Å². The van der Waals surface area contributed by atoms with Gasteiger partial charge in [-0.15, -0.1) is 0 Å². The SMILES string of the molecule is COc1cn(-c2ccccc2)nc1C(=O)OCC(=O)c1ccc(Cl)cc1. The maximum atomic E-state index is 12.3. The van der Waals surface area contributed by atoms with Gasteiger partial charge in [-0.05, 0) is 36.4 Å². The highest BCUT2D eigenvalue weighted by Crippen LogP contribution is 2.20. The number of rotatable bonds is 6. The lowest BCUT2D eigenvalue weighted by Gasteiger charge is -2.04. The van der Waals surface area contributed by atoms with Crippen LogP contribution in [0.25, 0.3) is 5.69 Å². The van der Waals surface area contributed by atoms with E-state index < -0.39 is 12.6 Å². The fourth-order valence-corrected chi connectivity index (χ4v) is 2.41. The van der Waals surface area contributed by atoms with Crippen molar-refractivity contribution in [3.63, 3.8) is 0 Å². The second-order valence-electron chi connectivity index (χ2n) is 5.33. The lowest BCUT2D eigenvalue weighted by Crippen LogP contribution is -2.15. The van der Waals surface area contributed by atoms with Crippen LogP contribution in [0.2, 0.25) is 5.02 Å². The summed E-state index contributed by atoms with van der Waals surface area (Å²) in [5.41, 5.74) is 1.17. The third-order valence-corrected chi connectivity index (χ3v) is 3.87. The highest BCUT2D eigenvalue weighted by atomic mass is 35.5. The summed E-state index contributed by atoms with van der Waals surface area (Å²) in [5.74, 6) is -0.812. The van der Waals surface area contributed by atoms with Crippen LogP contribution in [-0.2, 0) is 4.74 Å². The summed E-state index contributed by atoms with van der Waals surface area (Å²) in [7, 11) is 1.43. The van der Waals surface area contributed by atoms with Gasteiger partial charge in [0, 0.05) is 10.6 Å². The lowest BCUT2D eigenvalue weighted by atomic mass is 10.1. The Kier molecular flexibility index (Phi) is 5.34. The number of carbonyl (C=O) groups excluding carboxylic acids is 2. The van der Waals surface area contributed by atoms with Gasteiger partial charge in [-0.25, -0.2) is 9.48 Å². The third-order valence-electron chi connectivity index (χ3n) is 3.62. The van der Waals surface area contributed by atoms with Crippen LogP contribution in [0, 0.1) is 0 Å². The number of halogens is 1. The molecule has 26 heavy (non-hydrogen) atoms. The van der Waals surface area contributed by atoms with E-state index in [4.69, 9.17) is 21.1 Å². The summed E-state index contributed by atoms with van der Waals surface area (Å²) < 4.78 is 11.8. The molecule has 0 saturated carbocycles. The molecule has 2 aromatic carbocycles. The van der Waals surface area contributed by atoms with Crippen molar-refractivity contribution in [2.24, 2.45) is 0 Å². The van der Waals surface area contributed by atoms with Crippen LogP contribution < -0.4 is 4.74 Å². The first kappa shape index (κ1) is 17.7. The molecule has 0 aliphatic carbocycles. The van der Waals surface area contributed by atoms with Gasteiger partial charge in [-0.3, -0.25) is 4.79 Å². The molecule has 3 rings (SSSR count). The zero-order chi connectivity index (χ0) is 18.5. The monoisotopic (exact) mass is 370 g/mol. The van der Waals surface area contributed by atoms with E-state index in [0.29, 0.717) is 10.6 Å². The van der Waals surface area contributed by atoms with Gasteiger partial charge in [0.05, 0.1) is 19.0 Å². The van der Waals surface area contributed by atoms with Gasteiger partial charge in [0.2, 0.25) is 5.69 Å². The van der Waals surface area contributed by atoms with E-state index in [0.717, 1.165) is 5.69 Å². The number of carbonyl (C=O) groups is 2. The Hall–Kier alpha value is -3.12. The van der Waals surface area contributed by atoms with E-state index in [1.165, 1.54) is 11.8 Å². The van der Waals surface area contributed by atoms with Crippen molar-refractivity contribution in [1.82, 2.24) is 9.78 Å². The average molecular weight is 371 g/mol. The number of methoxy groups -OCH3 is 1. The van der Waals surface area contributed by atoms with E-state index in [9.17, 15) is 9.59 Å². The summed E-state index contributed by atoms with van der Waals surface area (Å²) >= 11 is 5.79. The first-order valence-corrected chi connectivity index (χ1v) is 8.11. The van der Waals surface area contributed by atoms with E-state index in [1.54, 1.807) is 30.5 Å². The van der Waals surface area contributed by atoms with Crippen LogP contribution in [-0.4, -0.2) is 35.2 Å². The topological polar surface area (TPSA) is 70.4 Å². The highest BCUT2D eigenvalue weighted by molar-refractivity contribution is 6.30. The summed E-state index contributed by atoms with van der Waals surface area (Å²) in [6.45, 7) is -0.401. The van der Waals surface area contributed by atoms with Crippen LogP contribution in [0.1, 0.15) is 20.8 Å². The van der Waals surface area contributed by atoms with Crippen molar-refractivity contribution in [3.8, 4) is 11.4 Å². The molecule has 0 amide bonds. The quantitative estimate of drug-likeness (QED) is 0.490. The number of para-hydroxylation sites is 1. The van der Waals surface area contributed by atoms with Crippen LogP contribution >= 0.6 is 11.6 Å². The van der Waals surface area contributed by atoms with Crippen LogP contribution in [0.5, 0.6) is 5.75 Å². The molecule has 1 heterocycles. The highest BCUT2D eigenvalue weighted by Gasteiger charge is 2.21. The molecule has 0 spiro atoms. The van der Waals surface area contributed by atoms with E-state index >= 15 is 0 Å². The van der Waals surface area contributed by atoms with Crippen molar-refractivity contribution in [2.45, 2.75) is 0 Å². The van der Waals surface area contributed by atoms with Gasteiger partial charge in [-0.1, -0.05) is 29.8 Å². The Labute approximate surface area is 154 Å². The average Bonchev–Trinajstić information content (AvgIpc) is 3.11. The lowest BCUT2D eigenvalue weighted by molar-refractivity contribution is 0.0465. The summed E-state index contributed by atoms with van der Waals surface area (Å²) in [6, 6.07) is 15.6. The van der Waals surface area contributed by atoms with Gasteiger partial charge in [-0.2, -0.15) is 5.10 Å². The largest absolute Gasteiger partial charge is 0.493 e. The van der Waals surface area contributed by atoms with Crippen LogP contribution in [0.4, 0.5) is 0 Å². The Morgan fingerprint density at radius 1 is 1.08 bits per heavy atom. The minimum atomic E-state index is -0.737. The van der Waals surface area contributed by atoms with Gasteiger partial charge < -0.3 is 9.47 Å². The van der Waals surface area contributed by atoms with Gasteiger partial charge >= 0.3 is 5.97 Å². The molecule has 0 unspecified atom stereocenters. The molecule has 0 atom stereocenters. The number of esters is 1. The molecule has 0 bridgehead atoms. The summed E-state index contributed by atoms with van der Waals surface area (Å²) in [5, 5.41) is 4.72. The molecule has 132 valence electrons. The van der Waals surface area contributed by atoms with Crippen LogP contribution in [0.3, 0.4) is 0 Å². The minimum absolute atomic E-state index is 0.000240. The van der Waals surface area contributed by atoms with Crippen LogP contribution in [0.15, 0.2) is 60.8 Å². The fourth-order valence-electron chi connectivity index (χ4n) is 2.28. The zero-order valence-electron chi connectivity index (χ0n) is 13.9. The number of nitrogens with zero attached hydrogens (tertiary/aromatic N) is 2. The number of Topliss-reactive ketones (excluding diaryl/α,β-unsaturated/α-hetero) is 1. The Bertz CT molecular complexity index is 920. The number of hydrogen-bond donors (Lipinski definition) is 0. The molecule has 0 fully saturated rings. The van der Waals surface area contributed by atoms with Crippen molar-refractivity contribution in [1.29, 1.82) is 0 Å². The standard InChI is InChI=1S/C19H15ClN2O4/c1-25-17-11-22(15-5-3-2-4-6-15)21-18(17)19(24)26-12-16(23)13-7-9-14(20)10-8-13/h2-11H,12H2,1H3. The Balaban J connectivity index is 1.72. The molecule has 0 aliphatic rings. The maximum absolute atomic E-state index is 12.3. The molecule has 0 N–H and O–H groups in total. The van der Waals surface area contributed by atoms with Gasteiger partial charge in [0.25, 0.3) is 0 Å². The summed E-state index contributed by atoms with van der Waals surface area (Å²) in [6.07, 6.45) is 1.58. The van der Waals surface area contributed by atoms with E-state index in [1.807, 2.05) is 30.3 Å². The third kappa shape index (κ3) is 3.92. The number of ketones is 1. The molecule has 6 nitrogen and oxygen atoms in total. The Morgan fingerprint density at radius 3 is 2.42 bits per heavy atom. The molecule has 0 saturated heterocycles. The first-order valence-electron chi connectivity index (χ1n) is 7.73. The number of ether oxygens (including phenoxy) is 2. The smallest absolute Gasteiger partial charge is 0.363 e. The second-order valence-corrected chi connectivity index (χ2v) is 5.77. The molecule has 3 aromatic rings. The van der Waals surface area contributed by atoms with Crippen molar-refractivity contribution in [3.05, 3.63) is 77.1 Å². The molecule has 0 aliphatic heterocycles. The molecule has 1 aromatic heterocycles. The van der Waals surface area contributed by atoms with Crippen molar-refractivity contribution in [2.75, 3.05) is 13.7 Å². The molecular formula is C19H15ClN2O4. The molecular weight excluding hydrogens is 356 g/mol. The molecule has 7 heteroatoms. The van der Waals surface area contributed by atoms with Gasteiger partial charge in [0.15, 0.2) is 18.1 Å². The summed E-state index contributed by atoms with van der Waals surface area (Å²) in [4.78, 5) is 24.4. The number of benzene rings is 2. The van der Waals surface area contributed by atoms with Crippen molar-refractivity contribution >= 4 is 23.4 Å². The molecule has 0 radical (unpaired) electrons. The Morgan fingerprint density at radius 2 is 1.77 bits per heavy atom. The van der Waals surface area contributed by atoms with E-state index in [2.05, 4.69) is 5.10 Å². The number of aromatic nitrogens is 2. The fraction of sp³-hybridized carbons (Fsp3) is 0.105. The normalized spacial score (nSPS) is 10.4. The predicted molar refractivity (Wildman–Crippen MR) is 96.2 cm³/mol. The van der Waals surface area contributed by atoms with Gasteiger partial charge in [0.1, 0.15) is 0 Å². The van der Waals surface area contributed by atoms with Crippen molar-refractivity contribution < 1.29 is 19.1 Å².